The van der Waals surface area contributed by atoms with Gasteiger partial charge in [0.2, 0.25) is 11.8 Å². The predicted molar refractivity (Wildman–Crippen MR) is 232 cm³/mol. The van der Waals surface area contributed by atoms with Crippen LogP contribution in [0, 0.1) is 0 Å². The molecule has 2 aromatic carbocycles. The fourth-order valence-electron chi connectivity index (χ4n) is 6.83. The molecule has 2 aromatic heterocycles. The Hall–Kier alpha value is -4.54. The first-order valence-corrected chi connectivity index (χ1v) is 21.1. The highest BCUT2D eigenvalue weighted by Gasteiger charge is 2.28. The van der Waals surface area contributed by atoms with E-state index in [0.717, 1.165) is 71.5 Å². The van der Waals surface area contributed by atoms with Crippen molar-refractivity contribution in [2.45, 2.75) is 168 Å². The third-order valence-electron chi connectivity index (χ3n) is 9.87. The zero-order chi connectivity index (χ0) is 40.8. The number of carbonyl (C=O) groups is 4. The number of carbonyl (C=O) groups excluding carboxylic acids is 3. The van der Waals surface area contributed by atoms with Gasteiger partial charge in [-0.25, -0.2) is 9.59 Å². The van der Waals surface area contributed by atoms with E-state index < -0.39 is 23.7 Å². The van der Waals surface area contributed by atoms with Crippen molar-refractivity contribution >= 4 is 54.0 Å². The summed E-state index contributed by atoms with van der Waals surface area (Å²) in [6.07, 6.45) is 21.3. The number of H-pyrrole nitrogens is 2. The highest BCUT2D eigenvalue weighted by atomic mass is 16.6. The molecule has 3 radical (unpaired) electrons. The topological polar surface area (TPSA) is 153 Å². The molecule has 2 atom stereocenters. The Morgan fingerprint density at radius 3 is 1.42 bits per heavy atom. The van der Waals surface area contributed by atoms with Crippen LogP contribution in [0.4, 0.5) is 0 Å². The van der Waals surface area contributed by atoms with E-state index in [1.54, 1.807) is 0 Å². The van der Waals surface area contributed by atoms with Crippen LogP contribution in [-0.2, 0) is 36.8 Å². The third-order valence-corrected chi connectivity index (χ3v) is 9.87. The number of hydrogen-bond donors (Lipinski definition) is 5. The van der Waals surface area contributed by atoms with E-state index in [0.29, 0.717) is 19.3 Å². The molecule has 4 aromatic rings. The number of para-hydroxylation sites is 2. The van der Waals surface area contributed by atoms with E-state index in [1.165, 1.54) is 51.4 Å². The number of hydrogen-bond acceptors (Lipinski definition) is 5. The molecule has 5 N–H and O–H groups in total. The van der Waals surface area contributed by atoms with Crippen molar-refractivity contribution in [2.24, 2.45) is 0 Å². The first kappa shape index (κ1) is 48.6. The number of rotatable bonds is 24. The molecular formula is C46H68BN4O6. The Labute approximate surface area is 342 Å². The molecule has 2 heterocycles. The molecule has 0 saturated carbocycles. The summed E-state index contributed by atoms with van der Waals surface area (Å²) in [6.45, 7) is 9.93. The van der Waals surface area contributed by atoms with Crippen LogP contribution in [0.5, 0.6) is 0 Å². The molecule has 4 rings (SSSR count). The largest absolute Gasteiger partial charge is 0.480 e. The summed E-state index contributed by atoms with van der Waals surface area (Å²) >= 11 is 0. The molecule has 0 aliphatic rings. The summed E-state index contributed by atoms with van der Waals surface area (Å²) in [5, 5.41) is 17.1. The molecule has 10 nitrogen and oxygen atoms in total. The lowest BCUT2D eigenvalue weighted by Crippen LogP contribution is -2.45. The second kappa shape index (κ2) is 26.4. The monoisotopic (exact) mass is 784 g/mol. The lowest BCUT2D eigenvalue weighted by Gasteiger charge is -2.24. The number of fused-ring (bicyclic) bond motifs is 2. The number of nitrogens with one attached hydrogen (secondary N) is 4. The van der Waals surface area contributed by atoms with E-state index in [-0.39, 0.29) is 32.6 Å². The van der Waals surface area contributed by atoms with Crippen LogP contribution in [0.1, 0.15) is 148 Å². The highest BCUT2D eigenvalue weighted by molar-refractivity contribution is 5.88. The van der Waals surface area contributed by atoms with Gasteiger partial charge in [-0.1, -0.05) is 127 Å². The molecule has 0 spiro atoms. The molecule has 311 valence electrons. The first-order chi connectivity index (χ1) is 26.9. The number of ether oxygens (including phenoxy) is 1. The van der Waals surface area contributed by atoms with Gasteiger partial charge in [0.05, 0.1) is 0 Å². The van der Waals surface area contributed by atoms with Gasteiger partial charge in [-0.15, -0.1) is 0 Å². The number of carboxylic acid groups (broad SMARTS) is 1. The van der Waals surface area contributed by atoms with Crippen molar-refractivity contribution in [3.63, 3.8) is 0 Å². The van der Waals surface area contributed by atoms with Crippen LogP contribution >= 0.6 is 0 Å². The minimum Gasteiger partial charge on any atom is -0.480 e. The molecule has 0 unspecified atom stereocenters. The summed E-state index contributed by atoms with van der Waals surface area (Å²) in [5.41, 5.74) is 3.30. The Bertz CT molecular complexity index is 1780. The molecule has 57 heavy (non-hydrogen) atoms. The van der Waals surface area contributed by atoms with Gasteiger partial charge in [0.15, 0.2) is 0 Å². The lowest BCUT2D eigenvalue weighted by atomic mass is 10.0. The van der Waals surface area contributed by atoms with Gasteiger partial charge in [-0.05, 0) is 56.9 Å². The molecule has 11 heteroatoms. The fourth-order valence-corrected chi connectivity index (χ4v) is 6.83. The standard InChI is InChI=1S/C25H38N2O3.C21H30N2O3.B/c1-5-6-7-8-9-10-11-16-23(28)27-22(24(29)30-25(2,3)4)17-19-18-26-21-15-13-12-14-20(19)21;1-2-3-4-5-6-7-8-13-20(24)23-19(21(25)26)14-16-15-22-18-12-10-9-11-17(16)18;/h12-15,18,22,26H,5-11,16-17H2,1-4H3,(H,27,28);9-12,15,19,22H,2-8,13-14H2,1H3,(H,23,24)(H,25,26);/t22-;19-;/m00./s1. The van der Waals surface area contributed by atoms with Gasteiger partial charge < -0.3 is 30.4 Å². The summed E-state index contributed by atoms with van der Waals surface area (Å²) in [6, 6.07) is 14.1. The van der Waals surface area contributed by atoms with Crippen LogP contribution in [-0.4, -0.2) is 64.9 Å². The predicted octanol–water partition coefficient (Wildman–Crippen LogP) is 9.72. The van der Waals surface area contributed by atoms with E-state index in [2.05, 4.69) is 34.4 Å². The van der Waals surface area contributed by atoms with E-state index in [9.17, 15) is 24.3 Å². The lowest BCUT2D eigenvalue weighted by molar-refractivity contribution is -0.158. The number of aromatic amines is 2. The number of amides is 2. The van der Waals surface area contributed by atoms with Crippen molar-refractivity contribution in [3.05, 3.63) is 72.1 Å². The maximum absolute atomic E-state index is 12.8. The van der Waals surface area contributed by atoms with Crippen molar-refractivity contribution < 1.29 is 29.0 Å². The van der Waals surface area contributed by atoms with Gasteiger partial charge >= 0.3 is 11.9 Å². The van der Waals surface area contributed by atoms with Gasteiger partial charge in [-0.2, -0.15) is 0 Å². The first-order valence-electron chi connectivity index (χ1n) is 21.1. The fraction of sp³-hybridized carbons (Fsp3) is 0.565. The molecule has 2 amide bonds. The highest BCUT2D eigenvalue weighted by Crippen LogP contribution is 2.22. The second-order valence-corrected chi connectivity index (χ2v) is 16.0. The summed E-state index contributed by atoms with van der Waals surface area (Å²) in [4.78, 5) is 55.3. The van der Waals surface area contributed by atoms with Crippen LogP contribution < -0.4 is 10.6 Å². The number of unbranched alkanes of at least 4 members (excludes halogenated alkanes) is 12. The Morgan fingerprint density at radius 2 is 1.00 bits per heavy atom. The van der Waals surface area contributed by atoms with Crippen LogP contribution in [0.25, 0.3) is 21.8 Å². The van der Waals surface area contributed by atoms with Gasteiger partial charge in [-0.3, -0.25) is 9.59 Å². The number of carboxylic acids is 1. The van der Waals surface area contributed by atoms with Gasteiger partial charge in [0, 0.05) is 68.3 Å². The minimum absolute atomic E-state index is 0. The zero-order valence-electron chi connectivity index (χ0n) is 35.2. The summed E-state index contributed by atoms with van der Waals surface area (Å²) < 4.78 is 5.58. The zero-order valence-corrected chi connectivity index (χ0v) is 35.2. The van der Waals surface area contributed by atoms with Crippen molar-refractivity contribution in [1.82, 2.24) is 20.6 Å². The average molecular weight is 784 g/mol. The second-order valence-electron chi connectivity index (χ2n) is 16.0. The maximum Gasteiger partial charge on any atom is 0.329 e. The van der Waals surface area contributed by atoms with Crippen LogP contribution in [0.2, 0.25) is 0 Å². The van der Waals surface area contributed by atoms with E-state index >= 15 is 0 Å². The minimum atomic E-state index is -0.997. The quantitative estimate of drug-likeness (QED) is 0.0271. The Morgan fingerprint density at radius 1 is 0.614 bits per heavy atom. The number of aromatic nitrogens is 2. The van der Waals surface area contributed by atoms with Crippen molar-refractivity contribution in [3.8, 4) is 0 Å². The Kier molecular flexibility index (Phi) is 22.5. The molecule has 0 aliphatic heterocycles. The molecule has 0 aliphatic carbocycles. The van der Waals surface area contributed by atoms with Crippen LogP contribution in [0.3, 0.4) is 0 Å². The molecular weight excluding hydrogens is 715 g/mol. The number of benzene rings is 2. The van der Waals surface area contributed by atoms with Gasteiger partial charge in [0.25, 0.3) is 0 Å². The third kappa shape index (κ3) is 18.5. The average Bonchev–Trinajstić information content (AvgIpc) is 3.77. The molecule has 0 saturated heterocycles. The smallest absolute Gasteiger partial charge is 0.329 e. The molecule has 0 fully saturated rings. The van der Waals surface area contributed by atoms with Gasteiger partial charge in [0.1, 0.15) is 17.7 Å². The summed E-state index contributed by atoms with van der Waals surface area (Å²) in [5.74, 6) is -1.64. The molecule has 0 bridgehead atoms. The normalized spacial score (nSPS) is 12.2. The summed E-state index contributed by atoms with van der Waals surface area (Å²) in [7, 11) is 0. The number of esters is 1. The van der Waals surface area contributed by atoms with Crippen molar-refractivity contribution in [1.29, 1.82) is 0 Å². The van der Waals surface area contributed by atoms with Crippen LogP contribution in [0.15, 0.2) is 60.9 Å². The maximum atomic E-state index is 12.8. The van der Waals surface area contributed by atoms with E-state index in [1.807, 2.05) is 81.7 Å². The SMILES string of the molecule is CCCCCCCCCC(=O)N[C@@H](Cc1c[nH]c2ccccc12)C(=O)O.CCCCCCCCCC(=O)N[C@@H](Cc1c[nH]c2ccccc12)C(=O)OC(C)(C)C.[B]. The van der Waals surface area contributed by atoms with Crippen molar-refractivity contribution in [2.75, 3.05) is 0 Å². The number of aliphatic carboxylic acids is 1. The van der Waals surface area contributed by atoms with E-state index in [4.69, 9.17) is 4.74 Å². The Balaban J connectivity index is 0.000000390.